The van der Waals surface area contributed by atoms with Crippen LogP contribution in [0.4, 0.5) is 0 Å². The number of carbonyl (C=O) groups is 2. The molecule has 1 atom stereocenters. The summed E-state index contributed by atoms with van der Waals surface area (Å²) in [4.78, 5) is 24.8. The maximum absolute atomic E-state index is 12.1. The molecule has 5 nitrogen and oxygen atoms in total. The number of halogens is 1. The summed E-state index contributed by atoms with van der Waals surface area (Å²) in [7, 11) is 2.02. The quantitative estimate of drug-likeness (QED) is 0.833. The van der Waals surface area contributed by atoms with Crippen molar-refractivity contribution in [1.82, 2.24) is 10.2 Å². The van der Waals surface area contributed by atoms with Crippen LogP contribution in [0, 0.1) is 0 Å². The molecule has 1 unspecified atom stereocenters. The molecule has 1 aromatic carbocycles. The van der Waals surface area contributed by atoms with E-state index in [4.69, 9.17) is 16.7 Å². The molecule has 1 heterocycles. The fraction of sp³-hybridized carbons (Fsp3) is 0.333. The molecule has 0 bridgehead atoms. The predicted octanol–water partition coefficient (Wildman–Crippen LogP) is 1.87. The van der Waals surface area contributed by atoms with E-state index in [0.29, 0.717) is 16.1 Å². The Morgan fingerprint density at radius 1 is 1.48 bits per heavy atom. The molecule has 6 heteroatoms. The molecule has 21 heavy (non-hydrogen) atoms. The van der Waals surface area contributed by atoms with Crippen LogP contribution in [-0.2, 0) is 4.79 Å². The van der Waals surface area contributed by atoms with E-state index in [2.05, 4.69) is 10.2 Å². The molecule has 2 rings (SSSR count). The van der Waals surface area contributed by atoms with Crippen molar-refractivity contribution in [3.8, 4) is 0 Å². The van der Waals surface area contributed by atoms with Gasteiger partial charge in [0.25, 0.3) is 5.91 Å². The van der Waals surface area contributed by atoms with Gasteiger partial charge >= 0.3 is 5.97 Å². The number of rotatable bonds is 4. The average molecular weight is 309 g/mol. The molecule has 0 saturated carbocycles. The number of nitrogens with zero attached hydrogens (tertiary/aromatic N) is 1. The molecular formula is C15H17ClN2O3. The van der Waals surface area contributed by atoms with E-state index in [-0.39, 0.29) is 11.9 Å². The van der Waals surface area contributed by atoms with Crippen molar-refractivity contribution in [1.29, 1.82) is 0 Å². The monoisotopic (exact) mass is 308 g/mol. The smallest absolute Gasteiger partial charge is 0.328 e. The Bertz CT molecular complexity index is 586. The van der Waals surface area contributed by atoms with E-state index < -0.39 is 5.97 Å². The van der Waals surface area contributed by atoms with E-state index in [1.165, 1.54) is 6.08 Å². The van der Waals surface area contributed by atoms with Crippen LogP contribution in [0.5, 0.6) is 0 Å². The van der Waals surface area contributed by atoms with Gasteiger partial charge < -0.3 is 15.3 Å². The van der Waals surface area contributed by atoms with Crippen molar-refractivity contribution < 1.29 is 14.7 Å². The van der Waals surface area contributed by atoms with Crippen molar-refractivity contribution in [2.24, 2.45) is 0 Å². The van der Waals surface area contributed by atoms with Gasteiger partial charge in [0.2, 0.25) is 0 Å². The Morgan fingerprint density at radius 2 is 2.24 bits per heavy atom. The van der Waals surface area contributed by atoms with Crippen molar-refractivity contribution in [3.63, 3.8) is 0 Å². The maximum atomic E-state index is 12.1. The van der Waals surface area contributed by atoms with Crippen LogP contribution in [0.1, 0.15) is 22.3 Å². The highest BCUT2D eigenvalue weighted by atomic mass is 35.5. The van der Waals surface area contributed by atoms with Crippen molar-refractivity contribution in [2.45, 2.75) is 12.5 Å². The summed E-state index contributed by atoms with van der Waals surface area (Å²) in [5, 5.41) is 11.9. The van der Waals surface area contributed by atoms with E-state index in [0.717, 1.165) is 25.6 Å². The molecule has 1 amide bonds. The highest BCUT2D eigenvalue weighted by Crippen LogP contribution is 2.20. The summed E-state index contributed by atoms with van der Waals surface area (Å²) in [5.41, 5.74) is 1.04. The summed E-state index contributed by atoms with van der Waals surface area (Å²) < 4.78 is 0. The number of carboxylic acids is 1. The number of carboxylic acid groups (broad SMARTS) is 1. The van der Waals surface area contributed by atoms with Gasteiger partial charge in [0.15, 0.2) is 0 Å². The summed E-state index contributed by atoms with van der Waals surface area (Å²) in [6.45, 7) is 1.82. The lowest BCUT2D eigenvalue weighted by Gasteiger charge is -2.13. The van der Waals surface area contributed by atoms with Crippen molar-refractivity contribution >= 4 is 29.6 Å². The Balaban J connectivity index is 2.05. The number of nitrogens with one attached hydrogen (secondary N) is 1. The standard InChI is InChI=1S/C15H17ClN2O3/c1-18-7-6-12(9-18)17-15(21)11-3-2-10(13(16)8-11)4-5-14(19)20/h2-5,8,12H,6-7,9H2,1H3,(H,17,21)(H,19,20)/b5-4+. The highest BCUT2D eigenvalue weighted by molar-refractivity contribution is 6.32. The Hall–Kier alpha value is -1.85. The third-order valence-corrected chi connectivity index (χ3v) is 3.72. The number of benzene rings is 1. The van der Waals surface area contributed by atoms with E-state index in [1.54, 1.807) is 18.2 Å². The van der Waals surface area contributed by atoms with Crippen molar-refractivity contribution in [2.75, 3.05) is 20.1 Å². The number of likely N-dealkylation sites (N-methyl/N-ethyl adjacent to an activating group) is 1. The second-order valence-electron chi connectivity index (χ2n) is 5.13. The fourth-order valence-electron chi connectivity index (χ4n) is 2.29. The van der Waals surface area contributed by atoms with Gasteiger partial charge in [0, 0.05) is 29.2 Å². The van der Waals surface area contributed by atoms with Crippen LogP contribution >= 0.6 is 11.6 Å². The molecule has 1 aromatic rings. The lowest BCUT2D eigenvalue weighted by atomic mass is 10.1. The largest absolute Gasteiger partial charge is 0.478 e. The molecule has 1 saturated heterocycles. The third kappa shape index (κ3) is 4.31. The average Bonchev–Trinajstić information content (AvgIpc) is 2.82. The lowest BCUT2D eigenvalue weighted by Crippen LogP contribution is -2.36. The molecule has 0 aromatic heterocycles. The molecule has 1 fully saturated rings. The molecule has 2 N–H and O–H groups in total. The van der Waals surface area contributed by atoms with Crippen LogP contribution in [0.2, 0.25) is 5.02 Å². The molecule has 1 aliphatic rings. The number of carbonyl (C=O) groups excluding carboxylic acids is 1. The molecule has 0 spiro atoms. The minimum atomic E-state index is -1.04. The van der Waals surface area contributed by atoms with Crippen molar-refractivity contribution in [3.05, 3.63) is 40.4 Å². The number of aliphatic carboxylic acids is 1. The first-order valence-electron chi connectivity index (χ1n) is 6.65. The normalized spacial score (nSPS) is 19.0. The van der Waals surface area contributed by atoms with Gasteiger partial charge in [-0.05, 0) is 43.8 Å². The van der Waals surface area contributed by atoms with Gasteiger partial charge in [-0.3, -0.25) is 4.79 Å². The predicted molar refractivity (Wildman–Crippen MR) is 81.5 cm³/mol. The first kappa shape index (κ1) is 15.5. The summed E-state index contributed by atoms with van der Waals surface area (Å²) in [6.07, 6.45) is 3.35. The van der Waals surface area contributed by atoms with E-state index in [9.17, 15) is 9.59 Å². The Morgan fingerprint density at radius 3 is 2.81 bits per heavy atom. The zero-order valence-electron chi connectivity index (χ0n) is 11.7. The minimum absolute atomic E-state index is 0.160. The van der Waals surface area contributed by atoms with Crippen LogP contribution in [0.15, 0.2) is 24.3 Å². The number of amides is 1. The molecule has 0 aliphatic carbocycles. The fourth-order valence-corrected chi connectivity index (χ4v) is 2.53. The van der Waals surface area contributed by atoms with E-state index >= 15 is 0 Å². The molecule has 1 aliphatic heterocycles. The van der Waals surface area contributed by atoms with E-state index in [1.807, 2.05) is 7.05 Å². The summed E-state index contributed by atoms with van der Waals surface area (Å²) in [6, 6.07) is 4.99. The van der Waals surface area contributed by atoms with Crippen LogP contribution in [-0.4, -0.2) is 48.1 Å². The van der Waals surface area contributed by atoms with Gasteiger partial charge in [-0.2, -0.15) is 0 Å². The zero-order chi connectivity index (χ0) is 15.4. The van der Waals surface area contributed by atoms with Crippen LogP contribution in [0.3, 0.4) is 0 Å². The second kappa shape index (κ2) is 6.74. The Labute approximate surface area is 128 Å². The van der Waals surface area contributed by atoms with Gasteiger partial charge in [-0.25, -0.2) is 4.79 Å². The van der Waals surface area contributed by atoms with Gasteiger partial charge in [0.1, 0.15) is 0 Å². The maximum Gasteiger partial charge on any atom is 0.328 e. The zero-order valence-corrected chi connectivity index (χ0v) is 12.4. The van der Waals surface area contributed by atoms with Gasteiger partial charge in [0.05, 0.1) is 0 Å². The number of hydrogen-bond acceptors (Lipinski definition) is 3. The SMILES string of the molecule is CN1CCC(NC(=O)c2ccc(/C=C/C(=O)O)c(Cl)c2)C1. The first-order valence-corrected chi connectivity index (χ1v) is 7.03. The molecule has 0 radical (unpaired) electrons. The minimum Gasteiger partial charge on any atom is -0.478 e. The molecular weight excluding hydrogens is 292 g/mol. The number of likely N-dealkylation sites (tertiary alicyclic amines) is 1. The second-order valence-corrected chi connectivity index (χ2v) is 5.54. The van der Waals surface area contributed by atoms with Crippen LogP contribution in [0.25, 0.3) is 6.08 Å². The van der Waals surface area contributed by atoms with Gasteiger partial charge in [-0.15, -0.1) is 0 Å². The topological polar surface area (TPSA) is 69.6 Å². The lowest BCUT2D eigenvalue weighted by molar-refractivity contribution is -0.131. The highest BCUT2D eigenvalue weighted by Gasteiger charge is 2.21. The summed E-state index contributed by atoms with van der Waals surface area (Å²) in [5.74, 6) is -1.20. The number of hydrogen-bond donors (Lipinski definition) is 2. The van der Waals surface area contributed by atoms with Gasteiger partial charge in [-0.1, -0.05) is 17.7 Å². The molecule has 112 valence electrons. The Kier molecular flexibility index (Phi) is 4.98. The van der Waals surface area contributed by atoms with Crippen LogP contribution < -0.4 is 5.32 Å². The third-order valence-electron chi connectivity index (χ3n) is 3.39. The summed E-state index contributed by atoms with van der Waals surface area (Å²) >= 11 is 6.06. The first-order chi connectivity index (χ1) is 9.95.